The molecule has 0 aromatic carbocycles. The average Bonchev–Trinajstić information content (AvgIpc) is 2.55. The van der Waals surface area contributed by atoms with Gasteiger partial charge in [0.1, 0.15) is 6.79 Å². The highest BCUT2D eigenvalue weighted by Crippen LogP contribution is 1.87. The molecule has 0 aromatic heterocycles. The Morgan fingerprint density at radius 2 is 0.842 bits per heavy atom. The Labute approximate surface area is 113 Å². The third kappa shape index (κ3) is 23.2. The van der Waals surface area contributed by atoms with E-state index in [9.17, 15) is 0 Å². The van der Waals surface area contributed by atoms with Gasteiger partial charge in [-0.2, -0.15) is 0 Å². The molecule has 9 nitrogen and oxygen atoms in total. The van der Waals surface area contributed by atoms with Crippen LogP contribution in [0.3, 0.4) is 0 Å². The van der Waals surface area contributed by atoms with Crippen LogP contribution >= 0.6 is 0 Å². The molecule has 2 fully saturated rings. The van der Waals surface area contributed by atoms with Gasteiger partial charge in [0, 0.05) is 21.3 Å². The second-order valence-electron chi connectivity index (χ2n) is 2.63. The Morgan fingerprint density at radius 1 is 0.632 bits per heavy atom. The van der Waals surface area contributed by atoms with E-state index in [0.29, 0.717) is 47.6 Å². The van der Waals surface area contributed by atoms with Crippen LogP contribution in [-0.2, 0) is 37.9 Å². The lowest BCUT2D eigenvalue weighted by Gasteiger charge is -2.10. The van der Waals surface area contributed by atoms with Crippen LogP contribution in [0.25, 0.3) is 0 Å². The van der Waals surface area contributed by atoms with Crippen molar-refractivity contribution in [1.82, 2.24) is 0 Å². The molecule has 1 N–H and O–H groups in total. The van der Waals surface area contributed by atoms with Crippen molar-refractivity contribution in [2.24, 2.45) is 0 Å². The van der Waals surface area contributed by atoms with E-state index in [2.05, 4.69) is 37.9 Å². The summed E-state index contributed by atoms with van der Waals surface area (Å²) in [4.78, 5) is 0. The molecule has 2 aliphatic rings. The Hall–Kier alpha value is -0.360. The Balaban J connectivity index is 0. The molecule has 2 saturated heterocycles. The van der Waals surface area contributed by atoms with Crippen molar-refractivity contribution < 1.29 is 43.0 Å². The van der Waals surface area contributed by atoms with Gasteiger partial charge in [-0.15, -0.1) is 0 Å². The molecule has 0 radical (unpaired) electrons. The molecule has 9 heteroatoms. The fraction of sp³-hybridized carbons (Fsp3) is 1.00. The summed E-state index contributed by atoms with van der Waals surface area (Å²) < 4.78 is 36.7. The maximum absolute atomic E-state index is 7.00. The molecule has 19 heavy (non-hydrogen) atoms. The second-order valence-corrected chi connectivity index (χ2v) is 2.63. The summed E-state index contributed by atoms with van der Waals surface area (Å²) in [6.45, 7) is 2.64. The Morgan fingerprint density at radius 3 is 0.895 bits per heavy atom. The van der Waals surface area contributed by atoms with Gasteiger partial charge in [-0.3, -0.25) is 0 Å². The minimum atomic E-state index is 0.375. The van der Waals surface area contributed by atoms with Crippen LogP contribution in [0.2, 0.25) is 0 Å². The molecule has 0 atom stereocenters. The van der Waals surface area contributed by atoms with Gasteiger partial charge in [0.05, 0.1) is 0 Å². The molecular formula is C10H24O9. The van der Waals surface area contributed by atoms with Crippen molar-refractivity contribution in [3.05, 3.63) is 0 Å². The molecule has 0 spiro atoms. The van der Waals surface area contributed by atoms with Gasteiger partial charge >= 0.3 is 0 Å². The zero-order chi connectivity index (χ0) is 14.6. The summed E-state index contributed by atoms with van der Waals surface area (Å²) in [7, 11) is 4.17. The lowest BCUT2D eigenvalue weighted by Crippen LogP contribution is -2.14. The summed E-state index contributed by atoms with van der Waals surface area (Å²) in [5, 5.41) is 7.00. The van der Waals surface area contributed by atoms with E-state index >= 15 is 0 Å². The van der Waals surface area contributed by atoms with Gasteiger partial charge in [-0.1, -0.05) is 0 Å². The molecule has 118 valence electrons. The fourth-order valence-electron chi connectivity index (χ4n) is 0.676. The van der Waals surface area contributed by atoms with Crippen molar-refractivity contribution in [2.75, 3.05) is 68.9 Å². The molecule has 0 aromatic rings. The van der Waals surface area contributed by atoms with Crippen LogP contribution in [-0.4, -0.2) is 74.0 Å². The number of methoxy groups -OCH3 is 2. The first kappa shape index (κ1) is 20.9. The SMILES string of the molecule is C1OCOCO1.C1OCOCO1.CO.COCOC. The van der Waals surface area contributed by atoms with Crippen LogP contribution in [0.5, 0.6) is 0 Å². The molecule has 0 unspecified atom stereocenters. The summed E-state index contributed by atoms with van der Waals surface area (Å²) in [6.07, 6.45) is 0. The summed E-state index contributed by atoms with van der Waals surface area (Å²) in [5.74, 6) is 0. The van der Waals surface area contributed by atoms with E-state index in [1.54, 1.807) is 14.2 Å². The van der Waals surface area contributed by atoms with E-state index in [0.717, 1.165) is 7.11 Å². The van der Waals surface area contributed by atoms with E-state index in [1.165, 1.54) is 0 Å². The van der Waals surface area contributed by atoms with Crippen molar-refractivity contribution in [3.8, 4) is 0 Å². The van der Waals surface area contributed by atoms with Crippen molar-refractivity contribution in [3.63, 3.8) is 0 Å². The third-order valence-electron chi connectivity index (χ3n) is 1.24. The van der Waals surface area contributed by atoms with Crippen LogP contribution in [0.1, 0.15) is 0 Å². The molecular weight excluding hydrogens is 264 g/mol. The number of rotatable bonds is 2. The molecule has 0 saturated carbocycles. The fourth-order valence-corrected chi connectivity index (χ4v) is 0.676. The highest BCUT2D eigenvalue weighted by atomic mass is 16.8. The lowest BCUT2D eigenvalue weighted by atomic mass is 11.2. The molecule has 0 amide bonds. The maximum Gasteiger partial charge on any atom is 0.152 e. The molecule has 0 aliphatic carbocycles. The van der Waals surface area contributed by atoms with Gasteiger partial charge in [-0.25, -0.2) is 0 Å². The highest BCUT2D eigenvalue weighted by Gasteiger charge is 1.93. The van der Waals surface area contributed by atoms with Gasteiger partial charge < -0.3 is 43.0 Å². The van der Waals surface area contributed by atoms with E-state index in [1.807, 2.05) is 0 Å². The lowest BCUT2D eigenvalue weighted by molar-refractivity contribution is -0.247. The highest BCUT2D eigenvalue weighted by molar-refractivity contribution is 4.09. The number of ether oxygens (including phenoxy) is 8. The van der Waals surface area contributed by atoms with Crippen molar-refractivity contribution >= 4 is 0 Å². The second kappa shape index (κ2) is 22.8. The molecule has 2 heterocycles. The van der Waals surface area contributed by atoms with Gasteiger partial charge in [0.25, 0.3) is 0 Å². The van der Waals surface area contributed by atoms with Crippen LogP contribution in [0, 0.1) is 0 Å². The number of aliphatic hydroxyl groups excluding tert-OH is 1. The minimum absolute atomic E-state index is 0.375. The van der Waals surface area contributed by atoms with Crippen LogP contribution < -0.4 is 0 Å². The Kier molecular flexibility index (Phi) is 25.1. The summed E-state index contributed by atoms with van der Waals surface area (Å²) >= 11 is 0. The van der Waals surface area contributed by atoms with Crippen LogP contribution in [0.4, 0.5) is 0 Å². The minimum Gasteiger partial charge on any atom is -0.400 e. The zero-order valence-corrected chi connectivity index (χ0v) is 11.7. The largest absolute Gasteiger partial charge is 0.400 e. The van der Waals surface area contributed by atoms with Crippen molar-refractivity contribution in [2.45, 2.75) is 0 Å². The average molecular weight is 288 g/mol. The first-order valence-electron chi connectivity index (χ1n) is 5.31. The maximum atomic E-state index is 7.00. The predicted molar refractivity (Wildman–Crippen MR) is 62.7 cm³/mol. The van der Waals surface area contributed by atoms with Gasteiger partial charge in [-0.05, 0) is 0 Å². The first-order chi connectivity index (χ1) is 9.41. The third-order valence-corrected chi connectivity index (χ3v) is 1.24. The summed E-state index contributed by atoms with van der Waals surface area (Å²) in [5.41, 5.74) is 0. The molecule has 2 aliphatic heterocycles. The molecule has 0 bridgehead atoms. The van der Waals surface area contributed by atoms with Crippen molar-refractivity contribution in [1.29, 1.82) is 0 Å². The predicted octanol–water partition coefficient (Wildman–Crippen LogP) is -0.310. The quantitative estimate of drug-likeness (QED) is 0.686. The smallest absolute Gasteiger partial charge is 0.152 e. The number of hydrogen-bond donors (Lipinski definition) is 1. The van der Waals surface area contributed by atoms with Gasteiger partial charge in [0.2, 0.25) is 0 Å². The van der Waals surface area contributed by atoms with E-state index in [-0.39, 0.29) is 0 Å². The monoisotopic (exact) mass is 288 g/mol. The standard InChI is InChI=1S/2C3H6O3.C3H8O2.CH4O/c2*1-4-2-6-3-5-1;1-4-3-5-2;1-2/h2*1-3H2;3H2,1-2H3;2H,1H3. The molecule has 2 rings (SSSR count). The van der Waals surface area contributed by atoms with E-state index < -0.39 is 0 Å². The van der Waals surface area contributed by atoms with Gasteiger partial charge in [0.15, 0.2) is 40.8 Å². The van der Waals surface area contributed by atoms with E-state index in [4.69, 9.17) is 5.11 Å². The zero-order valence-electron chi connectivity index (χ0n) is 11.7. The normalized spacial score (nSPS) is 17.7. The Bertz CT molecular complexity index is 91.1. The first-order valence-corrected chi connectivity index (χ1v) is 5.31. The number of hydrogen-bond acceptors (Lipinski definition) is 9. The number of aliphatic hydroxyl groups is 1. The van der Waals surface area contributed by atoms with Crippen LogP contribution in [0.15, 0.2) is 0 Å². The summed E-state index contributed by atoms with van der Waals surface area (Å²) in [6, 6.07) is 0. The topological polar surface area (TPSA) is 94.1 Å².